The van der Waals surface area contributed by atoms with Crippen molar-refractivity contribution in [3.05, 3.63) is 0 Å². The Balaban J connectivity index is 2.37. The van der Waals surface area contributed by atoms with Crippen molar-refractivity contribution in [3.8, 4) is 0 Å². The molecule has 0 heterocycles. The van der Waals surface area contributed by atoms with Crippen LogP contribution in [0.4, 0.5) is 4.39 Å². The van der Waals surface area contributed by atoms with Crippen molar-refractivity contribution < 1.29 is 9.13 Å². The van der Waals surface area contributed by atoms with E-state index in [9.17, 15) is 4.39 Å². The monoisotopic (exact) mass is 202 g/mol. The van der Waals surface area contributed by atoms with Crippen LogP contribution in [0.2, 0.25) is 0 Å². The zero-order chi connectivity index (χ0) is 10.6. The van der Waals surface area contributed by atoms with Crippen LogP contribution in [0.1, 0.15) is 52.9 Å². The van der Waals surface area contributed by atoms with Gasteiger partial charge in [0.05, 0.1) is 12.2 Å². The van der Waals surface area contributed by atoms with E-state index in [1.54, 1.807) is 0 Å². The Morgan fingerprint density at radius 3 is 2.57 bits per heavy atom. The molecule has 0 bridgehead atoms. The average molecular weight is 202 g/mol. The fraction of sp³-hybridized carbons (Fsp3) is 1.00. The van der Waals surface area contributed by atoms with E-state index in [0.717, 1.165) is 25.7 Å². The smallest absolute Gasteiger partial charge is 0.103 e. The van der Waals surface area contributed by atoms with E-state index < -0.39 is 6.17 Å². The second kappa shape index (κ2) is 5.69. The van der Waals surface area contributed by atoms with Crippen LogP contribution in [0.15, 0.2) is 0 Å². The SMILES string of the molecule is CCCC1CC(F)C[C@H](OC(C)C)C1. The van der Waals surface area contributed by atoms with Gasteiger partial charge >= 0.3 is 0 Å². The molecule has 2 heteroatoms. The lowest BCUT2D eigenvalue weighted by molar-refractivity contribution is -0.0435. The largest absolute Gasteiger partial charge is 0.375 e. The Morgan fingerprint density at radius 2 is 2.00 bits per heavy atom. The molecule has 0 aromatic heterocycles. The molecule has 1 nitrogen and oxygen atoms in total. The van der Waals surface area contributed by atoms with E-state index in [1.165, 1.54) is 0 Å². The third-order valence-corrected chi connectivity index (χ3v) is 2.87. The number of halogens is 1. The summed E-state index contributed by atoms with van der Waals surface area (Å²) in [6.07, 6.45) is 4.49. The molecule has 1 rings (SSSR count). The van der Waals surface area contributed by atoms with Crippen molar-refractivity contribution >= 4 is 0 Å². The molecule has 0 aromatic rings. The Bertz CT molecular complexity index is 156. The quantitative estimate of drug-likeness (QED) is 0.675. The Morgan fingerprint density at radius 1 is 1.29 bits per heavy atom. The third-order valence-electron chi connectivity index (χ3n) is 2.87. The van der Waals surface area contributed by atoms with Crippen LogP contribution in [0.3, 0.4) is 0 Å². The van der Waals surface area contributed by atoms with E-state index >= 15 is 0 Å². The topological polar surface area (TPSA) is 9.23 Å². The van der Waals surface area contributed by atoms with Gasteiger partial charge in [0.15, 0.2) is 0 Å². The minimum atomic E-state index is -0.635. The van der Waals surface area contributed by atoms with Crippen molar-refractivity contribution in [2.45, 2.75) is 71.3 Å². The van der Waals surface area contributed by atoms with E-state index in [-0.39, 0.29) is 12.2 Å². The Labute approximate surface area is 87.0 Å². The highest BCUT2D eigenvalue weighted by molar-refractivity contribution is 4.79. The van der Waals surface area contributed by atoms with Crippen LogP contribution in [0.25, 0.3) is 0 Å². The van der Waals surface area contributed by atoms with E-state index in [2.05, 4.69) is 6.92 Å². The van der Waals surface area contributed by atoms with Crippen molar-refractivity contribution in [1.29, 1.82) is 0 Å². The lowest BCUT2D eigenvalue weighted by Gasteiger charge is -2.32. The summed E-state index contributed by atoms with van der Waals surface area (Å²) < 4.78 is 19.1. The number of ether oxygens (including phenoxy) is 1. The molecule has 0 saturated heterocycles. The van der Waals surface area contributed by atoms with Crippen molar-refractivity contribution in [2.75, 3.05) is 0 Å². The summed E-state index contributed by atoms with van der Waals surface area (Å²) in [7, 11) is 0. The molecular weight excluding hydrogens is 179 g/mol. The van der Waals surface area contributed by atoms with Gasteiger partial charge in [-0.3, -0.25) is 0 Å². The van der Waals surface area contributed by atoms with Crippen LogP contribution < -0.4 is 0 Å². The van der Waals surface area contributed by atoms with Crippen LogP contribution in [0.5, 0.6) is 0 Å². The molecule has 0 amide bonds. The van der Waals surface area contributed by atoms with E-state index in [4.69, 9.17) is 4.74 Å². The van der Waals surface area contributed by atoms with Gasteiger partial charge in [0.25, 0.3) is 0 Å². The summed E-state index contributed by atoms with van der Waals surface area (Å²) >= 11 is 0. The first-order chi connectivity index (χ1) is 6.61. The molecule has 1 aliphatic carbocycles. The summed E-state index contributed by atoms with van der Waals surface area (Å²) in [5.41, 5.74) is 0. The molecule has 3 atom stereocenters. The summed E-state index contributed by atoms with van der Waals surface area (Å²) in [6.45, 7) is 6.22. The fourth-order valence-electron chi connectivity index (χ4n) is 2.45. The van der Waals surface area contributed by atoms with Gasteiger partial charge in [0, 0.05) is 6.42 Å². The minimum absolute atomic E-state index is 0.162. The first kappa shape index (κ1) is 12.0. The van der Waals surface area contributed by atoms with E-state index in [1.807, 2.05) is 13.8 Å². The summed E-state index contributed by atoms with van der Waals surface area (Å²) in [6, 6.07) is 0. The van der Waals surface area contributed by atoms with Gasteiger partial charge in [0.2, 0.25) is 0 Å². The summed E-state index contributed by atoms with van der Waals surface area (Å²) in [5, 5.41) is 0. The van der Waals surface area contributed by atoms with Crippen LogP contribution in [-0.4, -0.2) is 18.4 Å². The van der Waals surface area contributed by atoms with Crippen LogP contribution >= 0.6 is 0 Å². The number of alkyl halides is 1. The number of rotatable bonds is 4. The van der Waals surface area contributed by atoms with Crippen molar-refractivity contribution in [1.82, 2.24) is 0 Å². The van der Waals surface area contributed by atoms with Crippen molar-refractivity contribution in [2.24, 2.45) is 5.92 Å². The van der Waals surface area contributed by atoms with Gasteiger partial charge < -0.3 is 4.74 Å². The first-order valence-corrected chi connectivity index (χ1v) is 5.91. The van der Waals surface area contributed by atoms with Crippen molar-refractivity contribution in [3.63, 3.8) is 0 Å². The van der Waals surface area contributed by atoms with Gasteiger partial charge in [-0.1, -0.05) is 19.8 Å². The molecule has 84 valence electrons. The van der Waals surface area contributed by atoms with Gasteiger partial charge in [-0.25, -0.2) is 4.39 Å². The van der Waals surface area contributed by atoms with E-state index in [0.29, 0.717) is 12.3 Å². The zero-order valence-corrected chi connectivity index (χ0v) is 9.63. The molecule has 14 heavy (non-hydrogen) atoms. The maximum absolute atomic E-state index is 13.4. The highest BCUT2D eigenvalue weighted by Gasteiger charge is 2.29. The van der Waals surface area contributed by atoms with Crippen LogP contribution in [0, 0.1) is 5.92 Å². The maximum Gasteiger partial charge on any atom is 0.103 e. The molecule has 0 spiro atoms. The molecule has 0 aliphatic heterocycles. The minimum Gasteiger partial charge on any atom is -0.375 e. The maximum atomic E-state index is 13.4. The van der Waals surface area contributed by atoms with Gasteiger partial charge in [-0.05, 0) is 32.6 Å². The molecule has 0 N–H and O–H groups in total. The second-order valence-electron chi connectivity index (χ2n) is 4.77. The van der Waals surface area contributed by atoms with Gasteiger partial charge in [-0.2, -0.15) is 0 Å². The standard InChI is InChI=1S/C12H23FO/c1-4-5-10-6-11(13)8-12(7-10)14-9(2)3/h9-12H,4-8H2,1-3H3/t10?,11?,12-/m1/s1. The molecule has 0 radical (unpaired) electrons. The summed E-state index contributed by atoms with van der Waals surface area (Å²) in [5.74, 6) is 0.549. The lowest BCUT2D eigenvalue weighted by Crippen LogP contribution is -2.31. The Kier molecular flexibility index (Phi) is 4.86. The number of hydrogen-bond donors (Lipinski definition) is 0. The lowest BCUT2D eigenvalue weighted by atomic mass is 9.83. The predicted molar refractivity (Wildman–Crippen MR) is 57.2 cm³/mol. The average Bonchev–Trinajstić information content (AvgIpc) is 2.01. The zero-order valence-electron chi connectivity index (χ0n) is 9.63. The molecule has 1 fully saturated rings. The number of hydrogen-bond acceptors (Lipinski definition) is 1. The van der Waals surface area contributed by atoms with Gasteiger partial charge in [-0.15, -0.1) is 0 Å². The molecule has 2 unspecified atom stereocenters. The molecular formula is C12H23FO. The molecule has 1 aliphatic rings. The highest BCUT2D eigenvalue weighted by atomic mass is 19.1. The first-order valence-electron chi connectivity index (χ1n) is 5.91. The fourth-order valence-corrected chi connectivity index (χ4v) is 2.45. The Hall–Kier alpha value is -0.110. The second-order valence-corrected chi connectivity index (χ2v) is 4.77. The third kappa shape index (κ3) is 3.95. The van der Waals surface area contributed by atoms with Gasteiger partial charge in [0.1, 0.15) is 6.17 Å². The normalized spacial score (nSPS) is 33.6. The van der Waals surface area contributed by atoms with Crippen LogP contribution in [-0.2, 0) is 4.74 Å². The molecule has 0 aromatic carbocycles. The highest BCUT2D eigenvalue weighted by Crippen LogP contribution is 2.31. The summed E-state index contributed by atoms with van der Waals surface area (Å²) in [4.78, 5) is 0. The molecule has 1 saturated carbocycles. The predicted octanol–water partition coefficient (Wildman–Crippen LogP) is 3.72.